The minimum absolute atomic E-state index is 0.0509. The van der Waals surface area contributed by atoms with Crippen molar-refractivity contribution in [1.29, 1.82) is 0 Å². The van der Waals surface area contributed by atoms with Crippen LogP contribution in [0.4, 0.5) is 0 Å². The van der Waals surface area contributed by atoms with E-state index in [0.29, 0.717) is 24.8 Å². The SMILES string of the molecule is C=C1c2ccccc2CC12C(=O)CC(C)(C)CC2=O. The molecule has 98 valence electrons. The second-order valence-corrected chi connectivity index (χ2v) is 6.58. The highest BCUT2D eigenvalue weighted by atomic mass is 16.2. The van der Waals surface area contributed by atoms with E-state index in [9.17, 15) is 9.59 Å². The Morgan fingerprint density at radius 3 is 2.16 bits per heavy atom. The molecule has 0 aromatic heterocycles. The Morgan fingerprint density at radius 1 is 1.00 bits per heavy atom. The lowest BCUT2D eigenvalue weighted by Gasteiger charge is -2.39. The van der Waals surface area contributed by atoms with E-state index in [1.54, 1.807) is 0 Å². The van der Waals surface area contributed by atoms with Crippen LogP contribution in [0, 0.1) is 10.8 Å². The van der Waals surface area contributed by atoms with E-state index < -0.39 is 5.41 Å². The second kappa shape index (κ2) is 3.66. The first-order chi connectivity index (χ1) is 8.87. The molecule has 2 nitrogen and oxygen atoms in total. The van der Waals surface area contributed by atoms with Gasteiger partial charge in [-0.2, -0.15) is 0 Å². The van der Waals surface area contributed by atoms with Crippen LogP contribution in [0.5, 0.6) is 0 Å². The molecule has 0 saturated heterocycles. The molecule has 0 bridgehead atoms. The van der Waals surface area contributed by atoms with E-state index in [4.69, 9.17) is 0 Å². The zero-order valence-corrected chi connectivity index (χ0v) is 11.5. The van der Waals surface area contributed by atoms with Gasteiger partial charge < -0.3 is 0 Å². The number of allylic oxidation sites excluding steroid dienone is 1. The molecule has 1 spiro atoms. The number of ketones is 2. The lowest BCUT2D eigenvalue weighted by atomic mass is 9.61. The van der Waals surface area contributed by atoms with Gasteiger partial charge in [0, 0.05) is 12.8 Å². The fourth-order valence-corrected chi connectivity index (χ4v) is 3.51. The van der Waals surface area contributed by atoms with E-state index in [1.807, 2.05) is 38.1 Å². The third-order valence-corrected chi connectivity index (χ3v) is 4.54. The predicted octanol–water partition coefficient (Wildman–Crippen LogP) is 3.20. The van der Waals surface area contributed by atoms with Crippen molar-refractivity contribution in [3.63, 3.8) is 0 Å². The number of fused-ring (bicyclic) bond motifs is 1. The van der Waals surface area contributed by atoms with Crippen LogP contribution in [0.15, 0.2) is 30.8 Å². The summed E-state index contributed by atoms with van der Waals surface area (Å²) in [6.45, 7) is 8.05. The van der Waals surface area contributed by atoms with Crippen molar-refractivity contribution < 1.29 is 9.59 Å². The summed E-state index contributed by atoms with van der Waals surface area (Å²) in [7, 11) is 0. The minimum Gasteiger partial charge on any atom is -0.298 e. The van der Waals surface area contributed by atoms with Crippen LogP contribution in [0.2, 0.25) is 0 Å². The highest BCUT2D eigenvalue weighted by Gasteiger charge is 2.56. The van der Waals surface area contributed by atoms with Crippen molar-refractivity contribution in [2.45, 2.75) is 33.1 Å². The van der Waals surface area contributed by atoms with Crippen LogP contribution < -0.4 is 0 Å². The van der Waals surface area contributed by atoms with Gasteiger partial charge in [-0.3, -0.25) is 9.59 Å². The summed E-state index contributed by atoms with van der Waals surface area (Å²) in [6.07, 6.45) is 1.44. The Bertz CT molecular complexity index is 587. The Balaban J connectivity index is 2.10. The Hall–Kier alpha value is -1.70. The second-order valence-electron chi connectivity index (χ2n) is 6.58. The molecule has 2 aliphatic carbocycles. The molecule has 0 aliphatic heterocycles. The molecule has 0 heterocycles. The molecular formula is C17H18O2. The first kappa shape index (κ1) is 12.3. The molecule has 0 unspecified atom stereocenters. The van der Waals surface area contributed by atoms with E-state index >= 15 is 0 Å². The maximum absolute atomic E-state index is 12.6. The summed E-state index contributed by atoms with van der Waals surface area (Å²) in [5.74, 6) is 0.102. The molecule has 1 aromatic carbocycles. The molecule has 3 rings (SSSR count). The lowest BCUT2D eigenvalue weighted by molar-refractivity contribution is -0.143. The van der Waals surface area contributed by atoms with Crippen molar-refractivity contribution >= 4 is 17.1 Å². The summed E-state index contributed by atoms with van der Waals surface area (Å²) in [5.41, 5.74) is 1.61. The average molecular weight is 254 g/mol. The quantitative estimate of drug-likeness (QED) is 0.666. The monoisotopic (exact) mass is 254 g/mol. The first-order valence-corrected chi connectivity index (χ1v) is 6.71. The maximum atomic E-state index is 12.6. The zero-order chi connectivity index (χ0) is 13.8. The topological polar surface area (TPSA) is 34.1 Å². The van der Waals surface area contributed by atoms with Crippen LogP contribution in [-0.2, 0) is 16.0 Å². The van der Waals surface area contributed by atoms with Gasteiger partial charge in [0.25, 0.3) is 0 Å². The summed E-state index contributed by atoms with van der Waals surface area (Å²) >= 11 is 0. The molecule has 0 radical (unpaired) electrons. The molecular weight excluding hydrogens is 236 g/mol. The number of hydrogen-bond acceptors (Lipinski definition) is 2. The standard InChI is InChI=1S/C17H18O2/c1-11-13-7-5-4-6-12(13)8-17(11)14(18)9-16(2,3)10-15(17)19/h4-7H,1,8-10H2,2-3H3. The number of rotatable bonds is 0. The van der Waals surface area contributed by atoms with Gasteiger partial charge in [0.1, 0.15) is 5.41 Å². The van der Waals surface area contributed by atoms with E-state index in [-0.39, 0.29) is 17.0 Å². The Morgan fingerprint density at radius 2 is 1.58 bits per heavy atom. The molecule has 0 atom stereocenters. The predicted molar refractivity (Wildman–Crippen MR) is 74.6 cm³/mol. The van der Waals surface area contributed by atoms with Gasteiger partial charge in [0.05, 0.1) is 0 Å². The van der Waals surface area contributed by atoms with Crippen molar-refractivity contribution in [3.05, 3.63) is 42.0 Å². The highest BCUT2D eigenvalue weighted by Crippen LogP contribution is 2.53. The van der Waals surface area contributed by atoms with E-state index in [0.717, 1.165) is 11.1 Å². The van der Waals surface area contributed by atoms with Gasteiger partial charge in [-0.1, -0.05) is 44.7 Å². The van der Waals surface area contributed by atoms with Gasteiger partial charge in [0.15, 0.2) is 11.6 Å². The van der Waals surface area contributed by atoms with Crippen LogP contribution in [-0.4, -0.2) is 11.6 Å². The van der Waals surface area contributed by atoms with Gasteiger partial charge in [-0.05, 0) is 28.5 Å². The van der Waals surface area contributed by atoms with Gasteiger partial charge >= 0.3 is 0 Å². The Labute approximate surface area is 113 Å². The molecule has 2 heteroatoms. The van der Waals surface area contributed by atoms with Crippen LogP contribution >= 0.6 is 0 Å². The smallest absolute Gasteiger partial charge is 0.151 e. The van der Waals surface area contributed by atoms with Crippen LogP contribution in [0.25, 0.3) is 5.57 Å². The van der Waals surface area contributed by atoms with Crippen molar-refractivity contribution in [1.82, 2.24) is 0 Å². The molecule has 1 fully saturated rings. The van der Waals surface area contributed by atoms with Crippen molar-refractivity contribution in [2.24, 2.45) is 10.8 Å². The molecule has 0 amide bonds. The number of benzene rings is 1. The fourth-order valence-electron chi connectivity index (χ4n) is 3.51. The minimum atomic E-state index is -0.959. The third kappa shape index (κ3) is 1.55. The van der Waals surface area contributed by atoms with Crippen molar-refractivity contribution in [2.75, 3.05) is 0 Å². The maximum Gasteiger partial charge on any atom is 0.151 e. The summed E-state index contributed by atoms with van der Waals surface area (Å²) in [5, 5.41) is 0. The molecule has 0 N–H and O–H groups in total. The molecule has 1 aromatic rings. The summed E-state index contributed by atoms with van der Waals surface area (Å²) in [4.78, 5) is 25.3. The lowest BCUT2D eigenvalue weighted by Crippen LogP contribution is -2.47. The number of carbonyl (C=O) groups excluding carboxylic acids is 2. The molecule has 19 heavy (non-hydrogen) atoms. The van der Waals surface area contributed by atoms with Crippen LogP contribution in [0.3, 0.4) is 0 Å². The van der Waals surface area contributed by atoms with Crippen molar-refractivity contribution in [3.8, 4) is 0 Å². The largest absolute Gasteiger partial charge is 0.298 e. The zero-order valence-electron chi connectivity index (χ0n) is 11.5. The third-order valence-electron chi connectivity index (χ3n) is 4.54. The van der Waals surface area contributed by atoms with Crippen LogP contribution in [0.1, 0.15) is 37.8 Å². The fraction of sp³-hybridized carbons (Fsp3) is 0.412. The molecule has 1 saturated carbocycles. The van der Waals surface area contributed by atoms with Gasteiger partial charge in [-0.15, -0.1) is 0 Å². The summed E-state index contributed by atoms with van der Waals surface area (Å²) < 4.78 is 0. The van der Waals surface area contributed by atoms with E-state index in [2.05, 4.69) is 6.58 Å². The Kier molecular flexibility index (Phi) is 2.38. The number of hydrogen-bond donors (Lipinski definition) is 0. The summed E-state index contributed by atoms with van der Waals surface area (Å²) in [6, 6.07) is 7.85. The first-order valence-electron chi connectivity index (χ1n) is 6.71. The number of Topliss-reactive ketones (excluding diaryl/α,β-unsaturated/α-hetero) is 2. The van der Waals surface area contributed by atoms with Gasteiger partial charge in [-0.25, -0.2) is 0 Å². The van der Waals surface area contributed by atoms with Gasteiger partial charge in [0.2, 0.25) is 0 Å². The normalized spacial score (nSPS) is 23.8. The highest BCUT2D eigenvalue weighted by molar-refractivity contribution is 6.20. The van der Waals surface area contributed by atoms with E-state index in [1.165, 1.54) is 0 Å². The average Bonchev–Trinajstić information content (AvgIpc) is 2.61. The molecule has 2 aliphatic rings. The number of carbonyl (C=O) groups is 2.